The van der Waals surface area contributed by atoms with Crippen LogP contribution in [0.25, 0.3) is 0 Å². The van der Waals surface area contributed by atoms with Gasteiger partial charge >= 0.3 is 0 Å². The quantitative estimate of drug-likeness (QED) is 0.435. The average molecular weight is 138 g/mol. The van der Waals surface area contributed by atoms with E-state index >= 15 is 0 Å². The maximum Gasteiger partial charge on any atom is -0.00775 e. The van der Waals surface area contributed by atoms with E-state index in [0.29, 0.717) is 0 Å². The van der Waals surface area contributed by atoms with Crippen LogP contribution < -0.4 is 5.32 Å². The predicted molar refractivity (Wildman–Crippen MR) is 34.4 cm³/mol. The Labute approximate surface area is 53.1 Å². The molecule has 8 heavy (non-hydrogen) atoms. The van der Waals surface area contributed by atoms with Crippen LogP contribution in [-0.2, 0) is 20.0 Å². The zero-order valence-corrected chi connectivity index (χ0v) is 6.07. The first-order valence-corrected chi connectivity index (χ1v) is 3.22. The zero-order chi connectivity index (χ0) is 6.83. The summed E-state index contributed by atoms with van der Waals surface area (Å²) in [6.45, 7) is 6.39. The van der Waals surface area contributed by atoms with Crippen molar-refractivity contribution in [3.63, 3.8) is 0 Å². The number of rotatable bonds is 2. The lowest BCUT2D eigenvalue weighted by molar-refractivity contribution is 0.541. The van der Waals surface area contributed by atoms with Gasteiger partial charge in [-0.25, -0.2) is 0 Å². The molecule has 0 spiro atoms. The third-order valence-corrected chi connectivity index (χ3v) is 0.500. The van der Waals surface area contributed by atoms with Gasteiger partial charge in [-0.05, 0) is 13.1 Å². The molecule has 0 amide bonds. The van der Waals surface area contributed by atoms with Crippen LogP contribution in [0.3, 0.4) is 0 Å². The highest BCUT2D eigenvalue weighted by atomic mass is 32.1. The van der Waals surface area contributed by atoms with Crippen molar-refractivity contribution < 1.29 is 8.42 Å². The third-order valence-electron chi connectivity index (χ3n) is 0.500. The van der Waals surface area contributed by atoms with Gasteiger partial charge in [0, 0.05) is 0 Å². The summed E-state index contributed by atoms with van der Waals surface area (Å²) >= 11 is -1.08. The maximum absolute atomic E-state index is 8.35. The minimum atomic E-state index is -1.08. The number of hydrogen-bond donors (Lipinski definition) is 1. The molecule has 0 aliphatic rings. The molecule has 0 aromatic heterocycles. The van der Waals surface area contributed by atoms with Crippen molar-refractivity contribution in [2.75, 3.05) is 13.1 Å². The largest absolute Gasteiger partial charge is 0.427 e. The van der Waals surface area contributed by atoms with Crippen LogP contribution in [0.5, 0.6) is 0 Å². The second-order valence-electron chi connectivity index (χ2n) is 1.03. The van der Waals surface area contributed by atoms with Crippen LogP contribution in [0.1, 0.15) is 13.8 Å². The summed E-state index contributed by atoms with van der Waals surface area (Å²) in [5, 5.41) is 3.11. The lowest BCUT2D eigenvalue weighted by Gasteiger charge is -1.86. The molecule has 1 N–H and O–H groups in total. The van der Waals surface area contributed by atoms with Gasteiger partial charge < -0.3 is 13.7 Å². The molecule has 3 nitrogen and oxygen atoms in total. The first kappa shape index (κ1) is 10.8. The molecule has 0 aliphatic carbocycles. The number of hydrogen-bond acceptors (Lipinski definition) is 4. The fourth-order valence-corrected chi connectivity index (χ4v) is 0.250. The fourth-order valence-electron chi connectivity index (χ4n) is 0.250. The van der Waals surface area contributed by atoms with Crippen LogP contribution >= 0.6 is 0 Å². The molecule has 0 atom stereocenters. The van der Waals surface area contributed by atoms with Crippen molar-refractivity contribution in [1.82, 2.24) is 5.32 Å². The second kappa shape index (κ2) is 15.8. The van der Waals surface area contributed by atoms with E-state index in [2.05, 4.69) is 19.2 Å². The van der Waals surface area contributed by atoms with Gasteiger partial charge in [-0.2, -0.15) is 0 Å². The Morgan fingerprint density at radius 1 is 1.25 bits per heavy atom. The molecular formula is C4H12NO2S-. The molecule has 0 fully saturated rings. The summed E-state index contributed by atoms with van der Waals surface area (Å²) in [5.41, 5.74) is 0. The van der Waals surface area contributed by atoms with Crippen molar-refractivity contribution in [3.05, 3.63) is 0 Å². The molecular weight excluding hydrogens is 126 g/mol. The highest BCUT2D eigenvalue weighted by molar-refractivity contribution is 7.51. The Hall–Kier alpha value is -0.0900. The minimum Gasteiger partial charge on any atom is -0.427 e. The Balaban J connectivity index is 0. The van der Waals surface area contributed by atoms with E-state index in [1.165, 1.54) is 0 Å². The zero-order valence-electron chi connectivity index (χ0n) is 5.18. The summed E-state index contributed by atoms with van der Waals surface area (Å²) in [6.07, 6.45) is 0. The molecule has 0 saturated carbocycles. The lowest BCUT2D eigenvalue weighted by atomic mass is 10.7. The first-order chi connectivity index (χ1) is 3.83. The Bertz CT molecular complexity index is 59.1. The summed E-state index contributed by atoms with van der Waals surface area (Å²) in [6, 6.07) is 0. The van der Waals surface area contributed by atoms with E-state index in [0.717, 1.165) is 13.1 Å². The van der Waals surface area contributed by atoms with E-state index in [-0.39, 0.29) is 0 Å². The molecule has 52 valence electrons. The van der Waals surface area contributed by atoms with E-state index in [1.807, 2.05) is 0 Å². The van der Waals surface area contributed by atoms with Gasteiger partial charge in [-0.1, -0.05) is 25.4 Å². The summed E-state index contributed by atoms with van der Waals surface area (Å²) in [5.74, 6) is 0. The normalized spacial score (nSPS) is 7.25. The Kier molecular flexibility index (Phi) is 21.3. The van der Waals surface area contributed by atoms with E-state index in [1.54, 1.807) is 0 Å². The van der Waals surface area contributed by atoms with Crippen molar-refractivity contribution in [2.45, 2.75) is 13.8 Å². The van der Waals surface area contributed by atoms with Crippen LogP contribution in [0.2, 0.25) is 0 Å². The number of nitrogens with one attached hydrogen (secondary N) is 1. The molecule has 0 aliphatic heterocycles. The summed E-state index contributed by atoms with van der Waals surface area (Å²) in [4.78, 5) is 0. The fraction of sp³-hybridized carbons (Fsp3) is 1.00. The van der Waals surface area contributed by atoms with E-state index < -0.39 is 11.6 Å². The van der Waals surface area contributed by atoms with Crippen molar-refractivity contribution in [1.29, 1.82) is 0 Å². The second-order valence-corrected chi connectivity index (χ2v) is 1.18. The van der Waals surface area contributed by atoms with Crippen LogP contribution in [0.4, 0.5) is 0 Å². The monoisotopic (exact) mass is 138 g/mol. The summed E-state index contributed by atoms with van der Waals surface area (Å²) < 4.78 is 16.7. The van der Waals surface area contributed by atoms with Crippen LogP contribution in [0.15, 0.2) is 0 Å². The summed E-state index contributed by atoms with van der Waals surface area (Å²) in [7, 11) is 0. The molecule has 0 unspecified atom stereocenters. The van der Waals surface area contributed by atoms with Gasteiger partial charge in [0.2, 0.25) is 0 Å². The van der Waals surface area contributed by atoms with Gasteiger partial charge in [0.1, 0.15) is 0 Å². The molecule has 4 heteroatoms. The first-order valence-electron chi connectivity index (χ1n) is 2.49. The molecule has 0 saturated heterocycles. The van der Waals surface area contributed by atoms with Crippen LogP contribution in [0, 0.1) is 0 Å². The Morgan fingerprint density at radius 2 is 1.50 bits per heavy atom. The highest BCUT2D eigenvalue weighted by Crippen LogP contribution is 1.47. The SMILES string of the molecule is CCNCC.O=[SH-]=O. The van der Waals surface area contributed by atoms with Crippen molar-refractivity contribution >= 4 is 11.6 Å². The van der Waals surface area contributed by atoms with E-state index in [4.69, 9.17) is 8.42 Å². The standard InChI is InChI=1S/C4H11N.HO2S/c1-3-5-4-2;1-3-2/h5H,3-4H2,1-2H3;3H/q;-1. The Morgan fingerprint density at radius 3 is 1.50 bits per heavy atom. The molecule has 0 radical (unpaired) electrons. The molecule has 0 rings (SSSR count). The van der Waals surface area contributed by atoms with Crippen molar-refractivity contribution in [3.8, 4) is 0 Å². The predicted octanol–water partition coefficient (Wildman–Crippen LogP) is 0.108. The van der Waals surface area contributed by atoms with E-state index in [9.17, 15) is 0 Å². The molecule has 0 bridgehead atoms. The van der Waals surface area contributed by atoms with Gasteiger partial charge in [-0.3, -0.25) is 0 Å². The third kappa shape index (κ3) is 39.1. The number of thiol groups is 1. The smallest absolute Gasteiger partial charge is 0.00775 e. The van der Waals surface area contributed by atoms with Gasteiger partial charge in [0.25, 0.3) is 0 Å². The average Bonchev–Trinajstić information content (AvgIpc) is 1.71. The van der Waals surface area contributed by atoms with Gasteiger partial charge in [0.05, 0.1) is 0 Å². The molecule has 0 heterocycles. The van der Waals surface area contributed by atoms with Gasteiger partial charge in [0.15, 0.2) is 0 Å². The van der Waals surface area contributed by atoms with Crippen LogP contribution in [-0.4, -0.2) is 13.1 Å². The van der Waals surface area contributed by atoms with Gasteiger partial charge in [-0.15, -0.1) is 0 Å². The molecule has 0 aromatic rings. The minimum absolute atomic E-state index is 1.08. The lowest BCUT2D eigenvalue weighted by Crippen LogP contribution is -2.09. The molecule has 0 aromatic carbocycles. The maximum atomic E-state index is 8.35. The highest BCUT2D eigenvalue weighted by Gasteiger charge is 1.62. The topological polar surface area (TPSA) is 46.2 Å². The van der Waals surface area contributed by atoms with Crippen molar-refractivity contribution in [2.24, 2.45) is 0 Å².